The van der Waals surface area contributed by atoms with Crippen LogP contribution in [-0.4, -0.2) is 38.3 Å². The first-order valence-corrected chi connectivity index (χ1v) is 10.5. The highest BCUT2D eigenvalue weighted by molar-refractivity contribution is 7.89. The standard InChI is InChI=1S/C17H22ClF3N2O3S/c1-2-3-8-22-16(24)12-6-9-23(10-7-12)27(25,26)13-4-5-15(18)14(11-13)17(19,20)21/h4-5,11-12H,2-3,6-10H2,1H3,(H,22,24). The Labute approximate surface area is 161 Å². The molecule has 1 fully saturated rings. The zero-order valence-corrected chi connectivity index (χ0v) is 16.4. The van der Waals surface area contributed by atoms with E-state index in [4.69, 9.17) is 11.6 Å². The molecule has 1 aromatic rings. The Kier molecular flexibility index (Phi) is 7.15. The third kappa shape index (κ3) is 5.36. The van der Waals surface area contributed by atoms with Gasteiger partial charge in [-0.3, -0.25) is 4.79 Å². The summed E-state index contributed by atoms with van der Waals surface area (Å²) < 4.78 is 65.4. The third-order valence-corrected chi connectivity index (χ3v) is 6.76. The predicted octanol–water partition coefficient (Wildman–Crippen LogP) is 3.68. The van der Waals surface area contributed by atoms with Crippen LogP contribution >= 0.6 is 11.6 Å². The SMILES string of the molecule is CCCCNC(=O)C1CCN(S(=O)(=O)c2ccc(Cl)c(C(F)(F)F)c2)CC1. The van der Waals surface area contributed by atoms with Crippen molar-refractivity contribution in [3.05, 3.63) is 28.8 Å². The lowest BCUT2D eigenvalue weighted by Gasteiger charge is -2.30. The second-order valence-electron chi connectivity index (χ2n) is 6.46. The summed E-state index contributed by atoms with van der Waals surface area (Å²) in [5.41, 5.74) is -1.18. The molecule has 0 radical (unpaired) electrons. The van der Waals surface area contributed by atoms with Crippen LogP contribution < -0.4 is 5.32 Å². The van der Waals surface area contributed by atoms with E-state index in [0.717, 1.165) is 29.3 Å². The minimum Gasteiger partial charge on any atom is -0.356 e. The summed E-state index contributed by atoms with van der Waals surface area (Å²) in [5, 5.41) is 2.27. The Morgan fingerprint density at radius 1 is 1.30 bits per heavy atom. The van der Waals surface area contributed by atoms with Gasteiger partial charge in [-0.25, -0.2) is 8.42 Å². The van der Waals surface area contributed by atoms with E-state index in [1.54, 1.807) is 0 Å². The number of amides is 1. The monoisotopic (exact) mass is 426 g/mol. The minimum absolute atomic E-state index is 0.0815. The van der Waals surface area contributed by atoms with Crippen molar-refractivity contribution in [2.24, 2.45) is 5.92 Å². The molecule has 0 atom stereocenters. The molecule has 2 rings (SSSR count). The molecule has 0 aliphatic carbocycles. The van der Waals surface area contributed by atoms with Crippen LogP contribution in [0.4, 0.5) is 13.2 Å². The van der Waals surface area contributed by atoms with Crippen LogP contribution in [0.5, 0.6) is 0 Å². The number of benzene rings is 1. The second-order valence-corrected chi connectivity index (χ2v) is 8.81. The van der Waals surface area contributed by atoms with Gasteiger partial charge in [0.1, 0.15) is 0 Å². The summed E-state index contributed by atoms with van der Waals surface area (Å²) in [7, 11) is -4.09. The van der Waals surface area contributed by atoms with Crippen molar-refractivity contribution in [2.45, 2.75) is 43.7 Å². The van der Waals surface area contributed by atoms with Gasteiger partial charge in [0.05, 0.1) is 15.5 Å². The van der Waals surface area contributed by atoms with Crippen molar-refractivity contribution in [1.82, 2.24) is 9.62 Å². The fourth-order valence-electron chi connectivity index (χ4n) is 2.92. The van der Waals surface area contributed by atoms with E-state index < -0.39 is 31.7 Å². The topological polar surface area (TPSA) is 66.5 Å². The molecule has 27 heavy (non-hydrogen) atoms. The van der Waals surface area contributed by atoms with E-state index >= 15 is 0 Å². The molecule has 0 unspecified atom stereocenters. The first kappa shape index (κ1) is 22.0. The number of hydrogen-bond donors (Lipinski definition) is 1. The number of carbonyl (C=O) groups is 1. The molecule has 1 aromatic carbocycles. The highest BCUT2D eigenvalue weighted by Crippen LogP contribution is 2.36. The van der Waals surface area contributed by atoms with Crippen LogP contribution in [0, 0.1) is 5.92 Å². The zero-order valence-electron chi connectivity index (χ0n) is 14.9. The molecule has 152 valence electrons. The van der Waals surface area contributed by atoms with Crippen LogP contribution in [0.2, 0.25) is 5.02 Å². The molecule has 0 saturated carbocycles. The fraction of sp³-hybridized carbons (Fsp3) is 0.588. The molecular weight excluding hydrogens is 405 g/mol. The summed E-state index contributed by atoms with van der Waals surface area (Å²) in [4.78, 5) is 11.6. The van der Waals surface area contributed by atoms with Gasteiger partial charge in [-0.2, -0.15) is 17.5 Å². The number of hydrogen-bond acceptors (Lipinski definition) is 3. The largest absolute Gasteiger partial charge is 0.417 e. The third-order valence-electron chi connectivity index (χ3n) is 4.54. The van der Waals surface area contributed by atoms with Gasteiger partial charge in [-0.05, 0) is 37.5 Å². The molecule has 1 aliphatic rings. The van der Waals surface area contributed by atoms with Crippen molar-refractivity contribution in [3.8, 4) is 0 Å². The Hall–Kier alpha value is -1.32. The highest BCUT2D eigenvalue weighted by Gasteiger charge is 2.36. The van der Waals surface area contributed by atoms with Gasteiger partial charge in [0.2, 0.25) is 15.9 Å². The molecule has 1 heterocycles. The first-order valence-electron chi connectivity index (χ1n) is 8.72. The van der Waals surface area contributed by atoms with Crippen molar-refractivity contribution < 1.29 is 26.4 Å². The minimum atomic E-state index is -4.74. The van der Waals surface area contributed by atoms with E-state index in [1.807, 2.05) is 6.92 Å². The average Bonchev–Trinajstić information content (AvgIpc) is 2.61. The molecule has 0 aromatic heterocycles. The van der Waals surface area contributed by atoms with Crippen LogP contribution in [0.15, 0.2) is 23.1 Å². The van der Waals surface area contributed by atoms with Crippen molar-refractivity contribution in [3.63, 3.8) is 0 Å². The Morgan fingerprint density at radius 2 is 1.93 bits per heavy atom. The summed E-state index contributed by atoms with van der Waals surface area (Å²) >= 11 is 5.55. The number of piperidine rings is 1. The van der Waals surface area contributed by atoms with E-state index in [1.165, 1.54) is 0 Å². The number of sulfonamides is 1. The molecule has 1 saturated heterocycles. The zero-order chi connectivity index (χ0) is 20.2. The van der Waals surface area contributed by atoms with Crippen molar-refractivity contribution >= 4 is 27.5 Å². The summed E-state index contributed by atoms with van der Waals surface area (Å²) in [6, 6.07) is 2.56. The number of alkyl halides is 3. The fourth-order valence-corrected chi connectivity index (χ4v) is 4.64. The number of nitrogens with zero attached hydrogens (tertiary/aromatic N) is 1. The van der Waals surface area contributed by atoms with Crippen molar-refractivity contribution in [2.75, 3.05) is 19.6 Å². The van der Waals surface area contributed by atoms with Crippen LogP contribution in [0.1, 0.15) is 38.2 Å². The van der Waals surface area contributed by atoms with Crippen LogP contribution in [0.25, 0.3) is 0 Å². The maximum Gasteiger partial charge on any atom is 0.417 e. The first-order chi connectivity index (χ1) is 12.6. The number of carbonyl (C=O) groups excluding carboxylic acids is 1. The molecule has 1 amide bonds. The van der Waals surface area contributed by atoms with Crippen LogP contribution in [-0.2, 0) is 21.0 Å². The molecule has 5 nitrogen and oxygen atoms in total. The van der Waals surface area contributed by atoms with Gasteiger partial charge in [0.25, 0.3) is 0 Å². The molecular formula is C17H22ClF3N2O3S. The van der Waals surface area contributed by atoms with Gasteiger partial charge >= 0.3 is 6.18 Å². The highest BCUT2D eigenvalue weighted by atomic mass is 35.5. The second kappa shape index (κ2) is 8.79. The van der Waals surface area contributed by atoms with E-state index in [-0.39, 0.29) is 24.9 Å². The molecule has 0 spiro atoms. The van der Waals surface area contributed by atoms with Gasteiger partial charge in [0, 0.05) is 25.6 Å². The maximum absolute atomic E-state index is 13.0. The Morgan fingerprint density at radius 3 is 2.48 bits per heavy atom. The summed E-state index contributed by atoms with van der Waals surface area (Å²) in [5.74, 6) is -0.393. The smallest absolute Gasteiger partial charge is 0.356 e. The number of nitrogens with one attached hydrogen (secondary N) is 1. The summed E-state index contributed by atoms with van der Waals surface area (Å²) in [6.07, 6.45) is -2.25. The number of rotatable bonds is 6. The average molecular weight is 427 g/mol. The summed E-state index contributed by atoms with van der Waals surface area (Å²) in [6.45, 7) is 2.76. The van der Waals surface area contributed by atoms with E-state index in [0.29, 0.717) is 25.5 Å². The van der Waals surface area contributed by atoms with Crippen molar-refractivity contribution in [1.29, 1.82) is 0 Å². The molecule has 0 bridgehead atoms. The van der Waals surface area contributed by atoms with Gasteiger partial charge in [-0.1, -0.05) is 24.9 Å². The molecule has 1 N–H and O–H groups in total. The lowest BCUT2D eigenvalue weighted by molar-refractivity contribution is -0.137. The Bertz CT molecular complexity index is 776. The molecule has 1 aliphatic heterocycles. The quantitative estimate of drug-likeness (QED) is 0.706. The predicted molar refractivity (Wildman–Crippen MR) is 95.9 cm³/mol. The lowest BCUT2D eigenvalue weighted by Crippen LogP contribution is -2.43. The van der Waals surface area contributed by atoms with E-state index in [9.17, 15) is 26.4 Å². The van der Waals surface area contributed by atoms with E-state index in [2.05, 4.69) is 5.32 Å². The maximum atomic E-state index is 13.0. The van der Waals surface area contributed by atoms with Gasteiger partial charge < -0.3 is 5.32 Å². The lowest BCUT2D eigenvalue weighted by atomic mass is 9.97. The van der Waals surface area contributed by atoms with Gasteiger partial charge in [-0.15, -0.1) is 0 Å². The van der Waals surface area contributed by atoms with Crippen LogP contribution in [0.3, 0.4) is 0 Å². The normalized spacial score (nSPS) is 17.1. The molecule has 10 heteroatoms. The van der Waals surface area contributed by atoms with Gasteiger partial charge in [0.15, 0.2) is 0 Å². The Balaban J connectivity index is 2.08. The number of halogens is 4. The number of unbranched alkanes of at least 4 members (excludes halogenated alkanes) is 1.